The maximum Gasteiger partial charge on any atom is 0.244 e. The zero-order valence-electron chi connectivity index (χ0n) is 16.1. The lowest BCUT2D eigenvalue weighted by molar-refractivity contribution is 0.384. The molecule has 5 nitrogen and oxygen atoms in total. The van der Waals surface area contributed by atoms with E-state index in [0.717, 1.165) is 28.5 Å². The van der Waals surface area contributed by atoms with Crippen LogP contribution in [-0.4, -0.2) is 43.9 Å². The minimum Gasteiger partial charge on any atom is -0.345 e. The topological polar surface area (TPSA) is 53.5 Å². The molecule has 2 heterocycles. The Morgan fingerprint density at radius 2 is 1.74 bits per heavy atom. The van der Waals surface area contributed by atoms with Crippen LogP contribution in [0.15, 0.2) is 46.7 Å². The van der Waals surface area contributed by atoms with Crippen molar-refractivity contribution in [3.8, 4) is 0 Å². The zero-order chi connectivity index (χ0) is 22.2. The molecule has 3 aromatic rings. The number of sulfonamides is 1. The van der Waals surface area contributed by atoms with Crippen molar-refractivity contribution in [2.75, 3.05) is 31.1 Å². The number of hydrogen-bond donors (Lipinski definition) is 0. The molecular weight excluding hydrogens is 487 g/mol. The Balaban J connectivity index is 1.42. The van der Waals surface area contributed by atoms with Gasteiger partial charge in [0.1, 0.15) is 16.5 Å². The number of benzene rings is 2. The first-order valence-corrected chi connectivity index (χ1v) is 12.4. The van der Waals surface area contributed by atoms with Gasteiger partial charge in [-0.05, 0) is 42.0 Å². The van der Waals surface area contributed by atoms with Crippen LogP contribution in [0.3, 0.4) is 0 Å². The fourth-order valence-electron chi connectivity index (χ4n) is 3.39. The van der Waals surface area contributed by atoms with Crippen molar-refractivity contribution >= 4 is 49.7 Å². The lowest BCUT2D eigenvalue weighted by Crippen LogP contribution is -2.48. The van der Waals surface area contributed by atoms with E-state index in [0.29, 0.717) is 24.5 Å². The smallest absolute Gasteiger partial charge is 0.244 e. The van der Waals surface area contributed by atoms with Crippen LogP contribution in [0.4, 0.5) is 13.9 Å². The average molecular weight is 504 g/mol. The number of anilines is 1. The second-order valence-electron chi connectivity index (χ2n) is 7.04. The summed E-state index contributed by atoms with van der Waals surface area (Å²) in [5.74, 6) is -0.981. The van der Waals surface area contributed by atoms with Crippen LogP contribution in [0.1, 0.15) is 11.3 Å². The van der Waals surface area contributed by atoms with Gasteiger partial charge >= 0.3 is 0 Å². The summed E-state index contributed by atoms with van der Waals surface area (Å²) in [6, 6.07) is 7.64. The highest BCUT2D eigenvalue weighted by Gasteiger charge is 2.31. The molecule has 4 rings (SSSR count). The number of nitrogens with zero attached hydrogens (tertiary/aromatic N) is 3. The van der Waals surface area contributed by atoms with Gasteiger partial charge in [-0.25, -0.2) is 22.2 Å². The molecule has 0 N–H and O–H groups in total. The molecule has 1 fully saturated rings. The quantitative estimate of drug-likeness (QED) is 0.500. The van der Waals surface area contributed by atoms with Gasteiger partial charge in [0.15, 0.2) is 5.13 Å². The van der Waals surface area contributed by atoms with E-state index in [-0.39, 0.29) is 23.0 Å². The van der Waals surface area contributed by atoms with E-state index in [1.165, 1.54) is 33.8 Å². The van der Waals surface area contributed by atoms with Gasteiger partial charge in [-0.3, -0.25) is 0 Å². The summed E-state index contributed by atoms with van der Waals surface area (Å²) < 4.78 is 53.9. The summed E-state index contributed by atoms with van der Waals surface area (Å²) in [5, 5.41) is 2.87. The van der Waals surface area contributed by atoms with Crippen molar-refractivity contribution in [3.63, 3.8) is 0 Å². The summed E-state index contributed by atoms with van der Waals surface area (Å²) in [6.45, 7) is 1.42. The van der Waals surface area contributed by atoms with Gasteiger partial charge in [0.05, 0.1) is 10.7 Å². The zero-order valence-corrected chi connectivity index (χ0v) is 19.2. The molecule has 11 heteroatoms. The third-order valence-electron chi connectivity index (χ3n) is 4.87. The summed E-state index contributed by atoms with van der Waals surface area (Å²) in [7, 11) is -3.82. The molecule has 0 radical (unpaired) electrons. The number of hydrogen-bond acceptors (Lipinski definition) is 5. The van der Waals surface area contributed by atoms with E-state index in [4.69, 9.17) is 23.2 Å². The molecule has 1 saturated heterocycles. The fraction of sp³-hybridized carbons (Fsp3) is 0.250. The predicted octanol–water partition coefficient (Wildman–Crippen LogP) is 4.83. The van der Waals surface area contributed by atoms with Crippen molar-refractivity contribution in [2.24, 2.45) is 0 Å². The lowest BCUT2D eigenvalue weighted by atomic mass is 10.1. The Morgan fingerprint density at radius 1 is 1.00 bits per heavy atom. The van der Waals surface area contributed by atoms with Crippen LogP contribution < -0.4 is 4.90 Å². The SMILES string of the molecule is O=S(=O)(c1ccc(F)cc1Cl)N1CCN(c2nc(Cc3cc(F)cc(Cl)c3)cs2)CC1. The Morgan fingerprint density at radius 3 is 2.42 bits per heavy atom. The van der Waals surface area contributed by atoms with Crippen molar-refractivity contribution in [1.29, 1.82) is 0 Å². The Kier molecular flexibility index (Phi) is 6.50. The summed E-state index contributed by atoms with van der Waals surface area (Å²) in [6.07, 6.45) is 0.450. The molecule has 0 aliphatic carbocycles. The number of aromatic nitrogens is 1. The Labute approximate surface area is 192 Å². The van der Waals surface area contributed by atoms with Crippen LogP contribution in [0.2, 0.25) is 10.0 Å². The molecule has 1 aromatic heterocycles. The number of rotatable bonds is 5. The second-order valence-corrected chi connectivity index (χ2v) is 10.6. The summed E-state index contributed by atoms with van der Waals surface area (Å²) >= 11 is 13.3. The van der Waals surface area contributed by atoms with Gasteiger partial charge in [-0.2, -0.15) is 4.31 Å². The lowest BCUT2D eigenvalue weighted by Gasteiger charge is -2.33. The van der Waals surface area contributed by atoms with E-state index in [1.54, 1.807) is 6.07 Å². The third-order valence-corrected chi connectivity index (χ3v) is 8.42. The predicted molar refractivity (Wildman–Crippen MR) is 119 cm³/mol. The highest BCUT2D eigenvalue weighted by atomic mass is 35.5. The number of piperazine rings is 1. The van der Waals surface area contributed by atoms with E-state index < -0.39 is 21.7 Å². The highest BCUT2D eigenvalue weighted by molar-refractivity contribution is 7.89. The molecule has 1 aliphatic rings. The number of thiazole rings is 1. The van der Waals surface area contributed by atoms with Gasteiger partial charge in [0.2, 0.25) is 10.0 Å². The summed E-state index contributed by atoms with van der Waals surface area (Å²) in [5.41, 5.74) is 1.52. The fourth-order valence-corrected chi connectivity index (χ4v) is 6.44. The molecule has 0 bridgehead atoms. The maximum atomic E-state index is 13.5. The van der Waals surface area contributed by atoms with Crippen LogP contribution in [0.5, 0.6) is 0 Å². The first-order valence-electron chi connectivity index (χ1n) is 9.32. The first-order chi connectivity index (χ1) is 14.7. The molecule has 31 heavy (non-hydrogen) atoms. The van der Waals surface area contributed by atoms with Gasteiger partial charge < -0.3 is 4.90 Å². The standard InChI is InChI=1S/C20H17Cl2F2N3O2S2/c21-14-7-13(8-16(24)10-14)9-17-12-30-20(25-17)26-3-5-27(6-4-26)31(28,29)19-2-1-15(23)11-18(19)22/h1-2,7-8,10-12H,3-6,9H2. The molecule has 0 spiro atoms. The Bertz CT molecular complexity index is 1190. The van der Waals surface area contributed by atoms with E-state index >= 15 is 0 Å². The van der Waals surface area contributed by atoms with Gasteiger partial charge in [-0.15, -0.1) is 11.3 Å². The number of halogens is 4. The monoisotopic (exact) mass is 503 g/mol. The van der Waals surface area contributed by atoms with E-state index in [9.17, 15) is 17.2 Å². The van der Waals surface area contributed by atoms with Crippen LogP contribution in [-0.2, 0) is 16.4 Å². The van der Waals surface area contributed by atoms with Gasteiger partial charge in [0, 0.05) is 43.0 Å². The molecule has 164 valence electrons. The van der Waals surface area contributed by atoms with E-state index in [2.05, 4.69) is 4.98 Å². The van der Waals surface area contributed by atoms with Crippen LogP contribution >= 0.6 is 34.5 Å². The van der Waals surface area contributed by atoms with Crippen molar-refractivity contribution in [2.45, 2.75) is 11.3 Å². The molecule has 0 amide bonds. The molecule has 0 saturated carbocycles. The normalized spacial score (nSPS) is 15.4. The molecule has 0 atom stereocenters. The first kappa shape index (κ1) is 22.4. The third kappa shape index (κ3) is 5.01. The molecule has 1 aliphatic heterocycles. The van der Waals surface area contributed by atoms with Crippen molar-refractivity contribution < 1.29 is 17.2 Å². The van der Waals surface area contributed by atoms with Crippen molar-refractivity contribution in [1.82, 2.24) is 9.29 Å². The maximum absolute atomic E-state index is 13.5. The van der Waals surface area contributed by atoms with E-state index in [1.807, 2.05) is 10.3 Å². The molecular formula is C20H17Cl2F2N3O2S2. The summed E-state index contributed by atoms with van der Waals surface area (Å²) in [4.78, 5) is 6.51. The average Bonchev–Trinajstić information content (AvgIpc) is 3.15. The minimum absolute atomic E-state index is 0.102. The van der Waals surface area contributed by atoms with Gasteiger partial charge in [0.25, 0.3) is 0 Å². The largest absolute Gasteiger partial charge is 0.345 e. The van der Waals surface area contributed by atoms with Crippen molar-refractivity contribution in [3.05, 3.63) is 74.7 Å². The second kappa shape index (κ2) is 8.99. The Hall–Kier alpha value is -1.78. The van der Waals surface area contributed by atoms with Crippen LogP contribution in [0, 0.1) is 11.6 Å². The van der Waals surface area contributed by atoms with Gasteiger partial charge in [-0.1, -0.05) is 23.2 Å². The minimum atomic E-state index is -3.82. The van der Waals surface area contributed by atoms with Crippen LogP contribution in [0.25, 0.3) is 0 Å². The molecule has 2 aromatic carbocycles. The molecule has 0 unspecified atom stereocenters. The highest BCUT2D eigenvalue weighted by Crippen LogP contribution is 2.28.